The highest BCUT2D eigenvalue weighted by molar-refractivity contribution is 5.72. The zero-order chi connectivity index (χ0) is 42.1. The first-order chi connectivity index (χ1) is 27.6. The summed E-state index contributed by atoms with van der Waals surface area (Å²) >= 11 is 0. The fourth-order valence-corrected chi connectivity index (χ4v) is 7.12. The molecule has 0 amide bonds. The fraction of sp³-hybridized carbons (Fsp3) is 0.857. The van der Waals surface area contributed by atoms with Crippen LogP contribution in [0.5, 0.6) is 0 Å². The fourth-order valence-electron chi connectivity index (χ4n) is 7.12. The summed E-state index contributed by atoms with van der Waals surface area (Å²) in [6, 6.07) is -0.613. The Kier molecular flexibility index (Phi) is 39.0. The summed E-state index contributed by atoms with van der Waals surface area (Å²) in [7, 11) is 5.53. The van der Waals surface area contributed by atoms with Gasteiger partial charge < -0.3 is 23.8 Å². The second-order valence-corrected chi connectivity index (χ2v) is 17.4. The molecule has 0 aromatic carbocycles. The predicted molar refractivity (Wildman–Crippen MR) is 238 cm³/mol. The third-order valence-electron chi connectivity index (χ3n) is 10.9. The lowest BCUT2D eigenvalue weighted by Gasteiger charge is -2.31. The van der Waals surface area contributed by atoms with E-state index in [0.29, 0.717) is 19.3 Å². The van der Waals surface area contributed by atoms with Gasteiger partial charge in [0.15, 0.2) is 12.1 Å². The third kappa shape index (κ3) is 39.1. The molecule has 0 rings (SSSR count). The summed E-state index contributed by atoms with van der Waals surface area (Å²) in [4.78, 5) is 37.1. The summed E-state index contributed by atoms with van der Waals surface area (Å²) in [5.74, 6) is -1.46. The van der Waals surface area contributed by atoms with Gasteiger partial charge in [-0.2, -0.15) is 0 Å². The molecule has 0 aliphatic rings. The monoisotopic (exact) mass is 807 g/mol. The number of carboxylic acids is 1. The van der Waals surface area contributed by atoms with Crippen LogP contribution in [0.15, 0.2) is 24.3 Å². The van der Waals surface area contributed by atoms with Crippen molar-refractivity contribution < 1.29 is 38.2 Å². The molecule has 0 aliphatic carbocycles. The lowest BCUT2D eigenvalue weighted by Crippen LogP contribution is -2.50. The number of carboxylic acid groups (broad SMARTS) is 1. The van der Waals surface area contributed by atoms with E-state index in [1.54, 1.807) is 0 Å². The Morgan fingerprint density at radius 3 is 1.39 bits per heavy atom. The standard InChI is InChI=1S/C49H91NO7/c1-6-8-10-12-14-16-18-20-22-24-26-28-30-32-34-36-38-40-48(52)57-45(43-55-42-41-46(49(53)54)50(3,4)5)44-56-47(51)39-37-35-33-31-29-27-25-23-21-19-17-15-13-11-9-7-2/h14,16,20,22,45-46H,6-13,15,17-19,21,23-44H2,1-5H3/p+1/b16-14+,22-20+. The van der Waals surface area contributed by atoms with Gasteiger partial charge in [0.2, 0.25) is 0 Å². The van der Waals surface area contributed by atoms with Crippen LogP contribution in [0.2, 0.25) is 0 Å². The molecule has 0 saturated carbocycles. The minimum atomic E-state index is -0.874. The van der Waals surface area contributed by atoms with Crippen LogP contribution in [-0.4, -0.2) is 80.6 Å². The highest BCUT2D eigenvalue weighted by Crippen LogP contribution is 2.16. The molecule has 2 atom stereocenters. The van der Waals surface area contributed by atoms with E-state index in [4.69, 9.17) is 14.2 Å². The summed E-state index contributed by atoms with van der Waals surface area (Å²) in [6.45, 7) is 4.73. The van der Waals surface area contributed by atoms with E-state index < -0.39 is 18.1 Å². The number of carbonyl (C=O) groups is 3. The van der Waals surface area contributed by atoms with Crippen LogP contribution in [0.1, 0.15) is 219 Å². The van der Waals surface area contributed by atoms with Gasteiger partial charge in [0, 0.05) is 19.3 Å². The van der Waals surface area contributed by atoms with E-state index in [1.165, 1.54) is 135 Å². The van der Waals surface area contributed by atoms with E-state index in [0.717, 1.165) is 51.4 Å². The van der Waals surface area contributed by atoms with Crippen molar-refractivity contribution in [3.05, 3.63) is 24.3 Å². The number of esters is 2. The van der Waals surface area contributed by atoms with Crippen LogP contribution in [0.25, 0.3) is 0 Å². The van der Waals surface area contributed by atoms with Crippen molar-refractivity contribution in [3.8, 4) is 0 Å². The van der Waals surface area contributed by atoms with Crippen LogP contribution in [0.4, 0.5) is 0 Å². The van der Waals surface area contributed by atoms with Crippen molar-refractivity contribution in [1.82, 2.24) is 0 Å². The van der Waals surface area contributed by atoms with Crippen molar-refractivity contribution in [3.63, 3.8) is 0 Å². The lowest BCUT2D eigenvalue weighted by atomic mass is 10.0. The minimum Gasteiger partial charge on any atom is -0.477 e. The van der Waals surface area contributed by atoms with Gasteiger partial charge in [-0.3, -0.25) is 9.59 Å². The Hall–Kier alpha value is -2.19. The summed E-state index contributed by atoms with van der Waals surface area (Å²) in [6.07, 6.45) is 45.0. The van der Waals surface area contributed by atoms with Gasteiger partial charge in [-0.1, -0.05) is 179 Å². The molecule has 334 valence electrons. The van der Waals surface area contributed by atoms with Crippen LogP contribution in [-0.2, 0) is 28.6 Å². The van der Waals surface area contributed by atoms with Crippen LogP contribution in [0.3, 0.4) is 0 Å². The molecule has 0 heterocycles. The number of ether oxygens (including phenoxy) is 3. The molecule has 0 saturated heterocycles. The molecule has 1 N–H and O–H groups in total. The topological polar surface area (TPSA) is 99.1 Å². The average molecular weight is 807 g/mol. The Labute approximate surface area is 351 Å². The Morgan fingerprint density at radius 1 is 0.526 bits per heavy atom. The number of allylic oxidation sites excluding steroid dienone is 4. The number of quaternary nitrogens is 1. The molecule has 0 aromatic heterocycles. The summed E-state index contributed by atoms with van der Waals surface area (Å²) in [5, 5.41) is 9.63. The quantitative estimate of drug-likeness (QED) is 0.0283. The number of carbonyl (C=O) groups excluding carboxylic acids is 2. The zero-order valence-electron chi connectivity index (χ0n) is 38.1. The van der Waals surface area contributed by atoms with Gasteiger partial charge >= 0.3 is 17.9 Å². The molecule has 2 unspecified atom stereocenters. The van der Waals surface area contributed by atoms with E-state index in [9.17, 15) is 19.5 Å². The highest BCUT2D eigenvalue weighted by atomic mass is 16.6. The highest BCUT2D eigenvalue weighted by Gasteiger charge is 2.31. The molecule has 8 heteroatoms. The molecular formula is C49H92NO7+. The van der Waals surface area contributed by atoms with Crippen molar-refractivity contribution in [2.24, 2.45) is 0 Å². The number of aliphatic carboxylic acids is 1. The van der Waals surface area contributed by atoms with E-state index in [2.05, 4.69) is 38.2 Å². The van der Waals surface area contributed by atoms with Gasteiger partial charge in [-0.05, 0) is 44.9 Å². The van der Waals surface area contributed by atoms with E-state index >= 15 is 0 Å². The molecule has 0 radical (unpaired) electrons. The molecule has 57 heavy (non-hydrogen) atoms. The van der Waals surface area contributed by atoms with Crippen molar-refractivity contribution in [2.45, 2.75) is 231 Å². The number of hydrogen-bond acceptors (Lipinski definition) is 6. The molecule has 0 bridgehead atoms. The first-order valence-electron chi connectivity index (χ1n) is 23.9. The summed E-state index contributed by atoms with van der Waals surface area (Å²) < 4.78 is 17.3. The number of unbranched alkanes of at least 4 members (excludes halogenated alkanes) is 25. The number of nitrogens with zero attached hydrogens (tertiary/aromatic N) is 1. The van der Waals surface area contributed by atoms with Crippen molar-refractivity contribution in [1.29, 1.82) is 0 Å². The third-order valence-corrected chi connectivity index (χ3v) is 10.9. The molecule has 0 aromatic rings. The predicted octanol–water partition coefficient (Wildman–Crippen LogP) is 13.3. The van der Waals surface area contributed by atoms with Gasteiger partial charge in [-0.25, -0.2) is 4.79 Å². The van der Waals surface area contributed by atoms with E-state index in [1.807, 2.05) is 21.1 Å². The van der Waals surface area contributed by atoms with Crippen molar-refractivity contribution in [2.75, 3.05) is 41.0 Å². The number of hydrogen-bond donors (Lipinski definition) is 1. The Bertz CT molecular complexity index is 989. The molecule has 0 spiro atoms. The Balaban J connectivity index is 4.29. The molecule has 0 fully saturated rings. The SMILES string of the molecule is CCCCC/C=C/C/C=C/CCCCCCCCCC(=O)OC(COCCC(C(=O)O)[N+](C)(C)C)COC(=O)CCCCCCCCCCCCCCCCCC. The van der Waals surface area contributed by atoms with Crippen LogP contribution < -0.4 is 0 Å². The lowest BCUT2D eigenvalue weighted by molar-refractivity contribution is -0.887. The molecular weight excluding hydrogens is 715 g/mol. The van der Waals surface area contributed by atoms with Crippen LogP contribution in [0, 0.1) is 0 Å². The van der Waals surface area contributed by atoms with Gasteiger partial charge in [0.1, 0.15) is 6.61 Å². The first kappa shape index (κ1) is 54.8. The minimum absolute atomic E-state index is 0.0495. The second kappa shape index (κ2) is 40.6. The first-order valence-corrected chi connectivity index (χ1v) is 23.9. The van der Waals surface area contributed by atoms with Gasteiger partial charge in [0.05, 0.1) is 34.4 Å². The average Bonchev–Trinajstić information content (AvgIpc) is 3.17. The molecule has 8 nitrogen and oxygen atoms in total. The largest absolute Gasteiger partial charge is 0.477 e. The summed E-state index contributed by atoms with van der Waals surface area (Å²) in [5.41, 5.74) is 0. The number of likely N-dealkylation sites (N-methyl/N-ethyl adjacent to an activating group) is 1. The smallest absolute Gasteiger partial charge is 0.362 e. The Morgan fingerprint density at radius 2 is 0.930 bits per heavy atom. The maximum atomic E-state index is 12.7. The second-order valence-electron chi connectivity index (χ2n) is 17.4. The zero-order valence-corrected chi connectivity index (χ0v) is 38.1. The number of rotatable bonds is 43. The van der Waals surface area contributed by atoms with E-state index in [-0.39, 0.29) is 36.2 Å². The van der Waals surface area contributed by atoms with Gasteiger partial charge in [0.25, 0.3) is 0 Å². The molecule has 0 aliphatic heterocycles. The normalized spacial score (nSPS) is 13.1. The van der Waals surface area contributed by atoms with Gasteiger partial charge in [-0.15, -0.1) is 0 Å². The maximum absolute atomic E-state index is 12.7. The maximum Gasteiger partial charge on any atom is 0.362 e. The van der Waals surface area contributed by atoms with Crippen molar-refractivity contribution >= 4 is 17.9 Å². The van der Waals surface area contributed by atoms with Crippen LogP contribution >= 0.6 is 0 Å².